The number of para-hydroxylation sites is 1. The molecule has 1 saturated heterocycles. The normalized spacial score (nSPS) is 13.9. The maximum atomic E-state index is 12.7. The van der Waals surface area contributed by atoms with E-state index in [1.54, 1.807) is 11.3 Å². The van der Waals surface area contributed by atoms with Crippen LogP contribution in [0.5, 0.6) is 0 Å². The fourth-order valence-electron chi connectivity index (χ4n) is 4.54. The third kappa shape index (κ3) is 5.18. The largest absolute Gasteiger partial charge is 0.361 e. The average Bonchev–Trinajstić information content (AvgIpc) is 3.60. The van der Waals surface area contributed by atoms with Gasteiger partial charge >= 0.3 is 0 Å². The molecule has 1 aliphatic rings. The predicted octanol–water partition coefficient (Wildman–Crippen LogP) is 5.41. The number of fused-ring (bicyclic) bond motifs is 1. The molecule has 0 bridgehead atoms. The molecule has 1 fully saturated rings. The summed E-state index contributed by atoms with van der Waals surface area (Å²) in [5.41, 5.74) is 5.69. The van der Waals surface area contributed by atoms with Crippen LogP contribution in [0.25, 0.3) is 10.9 Å². The molecule has 5 nitrogen and oxygen atoms in total. The van der Waals surface area contributed by atoms with E-state index in [4.69, 9.17) is 4.98 Å². The second-order valence-electron chi connectivity index (χ2n) is 8.93. The van der Waals surface area contributed by atoms with Crippen LogP contribution in [0.15, 0.2) is 60.1 Å². The number of rotatable bonds is 8. The van der Waals surface area contributed by atoms with E-state index < -0.39 is 0 Å². The van der Waals surface area contributed by atoms with Crippen molar-refractivity contribution in [2.24, 2.45) is 0 Å². The second kappa shape index (κ2) is 9.89. The molecule has 4 aromatic rings. The number of hydrogen-bond donors (Lipinski definition) is 1. The number of carbonyl (C=O) groups is 1. The number of hydrogen-bond acceptors (Lipinski definition) is 4. The van der Waals surface area contributed by atoms with Gasteiger partial charge < -0.3 is 9.88 Å². The Labute approximate surface area is 199 Å². The lowest BCUT2D eigenvalue weighted by molar-refractivity contribution is 0.0787. The van der Waals surface area contributed by atoms with Gasteiger partial charge in [-0.15, -0.1) is 11.3 Å². The standard InChI is InChI=1S/C27H30N4OS/c1-20-8-10-21(11-9-20)17-30(15-12-22-16-28-24-7-3-2-6-23(22)24)18-26-29-25(19-33-26)27(32)31-13-4-5-14-31/h2-3,6-11,16,19,28H,4-5,12-15,17-18H2,1H3. The van der Waals surface area contributed by atoms with Gasteiger partial charge in [0.1, 0.15) is 10.7 Å². The first-order chi connectivity index (χ1) is 16.2. The van der Waals surface area contributed by atoms with Crippen LogP contribution in [0.3, 0.4) is 0 Å². The SMILES string of the molecule is Cc1ccc(CN(CCc2c[nH]c3ccccc23)Cc2nc(C(=O)N3CCCC3)cs2)cc1. The van der Waals surface area contributed by atoms with Crippen molar-refractivity contribution in [3.8, 4) is 0 Å². The molecular weight excluding hydrogens is 428 g/mol. The van der Waals surface area contributed by atoms with Crippen molar-refractivity contribution >= 4 is 28.1 Å². The van der Waals surface area contributed by atoms with Gasteiger partial charge in [0.25, 0.3) is 5.91 Å². The first-order valence-corrected chi connectivity index (χ1v) is 12.6. The highest BCUT2D eigenvalue weighted by atomic mass is 32.1. The number of aryl methyl sites for hydroxylation is 1. The van der Waals surface area contributed by atoms with E-state index in [1.807, 2.05) is 10.3 Å². The molecular formula is C27H30N4OS. The Morgan fingerprint density at radius 2 is 1.88 bits per heavy atom. The molecule has 0 spiro atoms. The van der Waals surface area contributed by atoms with Crippen LogP contribution < -0.4 is 0 Å². The molecule has 2 aromatic carbocycles. The molecule has 3 heterocycles. The zero-order valence-electron chi connectivity index (χ0n) is 19.1. The highest BCUT2D eigenvalue weighted by Crippen LogP contribution is 2.21. The zero-order chi connectivity index (χ0) is 22.6. The number of aromatic amines is 1. The van der Waals surface area contributed by atoms with Gasteiger partial charge in [-0.2, -0.15) is 0 Å². The van der Waals surface area contributed by atoms with Gasteiger partial charge in [-0.3, -0.25) is 9.69 Å². The fourth-order valence-corrected chi connectivity index (χ4v) is 5.35. The summed E-state index contributed by atoms with van der Waals surface area (Å²) in [4.78, 5) is 25.2. The van der Waals surface area contributed by atoms with Crippen molar-refractivity contribution in [1.29, 1.82) is 0 Å². The van der Waals surface area contributed by atoms with E-state index in [1.165, 1.54) is 27.6 Å². The number of nitrogens with one attached hydrogen (secondary N) is 1. The molecule has 1 aliphatic heterocycles. The topological polar surface area (TPSA) is 52.2 Å². The van der Waals surface area contributed by atoms with Gasteiger partial charge in [-0.1, -0.05) is 48.0 Å². The van der Waals surface area contributed by atoms with Crippen LogP contribution in [-0.4, -0.2) is 45.3 Å². The Balaban J connectivity index is 1.31. The maximum absolute atomic E-state index is 12.7. The van der Waals surface area contributed by atoms with E-state index in [9.17, 15) is 4.79 Å². The first kappa shape index (κ1) is 21.9. The number of nitrogens with zero attached hydrogens (tertiary/aromatic N) is 3. The molecule has 0 unspecified atom stereocenters. The fraction of sp³-hybridized carbons (Fsp3) is 0.333. The molecule has 1 N–H and O–H groups in total. The van der Waals surface area contributed by atoms with Crippen LogP contribution in [0.1, 0.15) is 45.0 Å². The Morgan fingerprint density at radius 3 is 2.70 bits per heavy atom. The molecule has 2 aromatic heterocycles. The van der Waals surface area contributed by atoms with E-state index in [0.29, 0.717) is 5.69 Å². The van der Waals surface area contributed by atoms with Crippen molar-refractivity contribution in [1.82, 2.24) is 19.8 Å². The van der Waals surface area contributed by atoms with Crippen molar-refractivity contribution < 1.29 is 4.79 Å². The molecule has 5 rings (SSSR count). The molecule has 6 heteroatoms. The van der Waals surface area contributed by atoms with Gasteiger partial charge in [0, 0.05) is 48.7 Å². The van der Waals surface area contributed by atoms with Crippen molar-refractivity contribution in [3.05, 3.63) is 87.5 Å². The van der Waals surface area contributed by atoms with Gasteiger partial charge in [-0.05, 0) is 43.4 Å². The summed E-state index contributed by atoms with van der Waals surface area (Å²) >= 11 is 1.60. The average molecular weight is 459 g/mol. The van der Waals surface area contributed by atoms with Gasteiger partial charge in [-0.25, -0.2) is 4.98 Å². The summed E-state index contributed by atoms with van der Waals surface area (Å²) in [5.74, 6) is 0.0823. The minimum Gasteiger partial charge on any atom is -0.361 e. The van der Waals surface area contributed by atoms with E-state index in [-0.39, 0.29) is 5.91 Å². The summed E-state index contributed by atoms with van der Waals surface area (Å²) in [6.45, 7) is 6.36. The molecule has 170 valence electrons. The van der Waals surface area contributed by atoms with Crippen LogP contribution in [0, 0.1) is 6.92 Å². The minimum absolute atomic E-state index is 0.0823. The molecule has 0 radical (unpaired) electrons. The van der Waals surface area contributed by atoms with Crippen LogP contribution >= 0.6 is 11.3 Å². The lowest BCUT2D eigenvalue weighted by Gasteiger charge is -2.21. The summed E-state index contributed by atoms with van der Waals surface area (Å²) in [7, 11) is 0. The van der Waals surface area contributed by atoms with E-state index in [0.717, 1.165) is 57.0 Å². The van der Waals surface area contributed by atoms with Crippen molar-refractivity contribution in [3.63, 3.8) is 0 Å². The van der Waals surface area contributed by atoms with Crippen LogP contribution in [0.4, 0.5) is 0 Å². The van der Waals surface area contributed by atoms with E-state index >= 15 is 0 Å². The summed E-state index contributed by atoms with van der Waals surface area (Å²) < 4.78 is 0. The van der Waals surface area contributed by atoms with Crippen molar-refractivity contribution in [2.45, 2.75) is 39.3 Å². The monoisotopic (exact) mass is 458 g/mol. The second-order valence-corrected chi connectivity index (χ2v) is 9.87. The van der Waals surface area contributed by atoms with Crippen LogP contribution in [0.2, 0.25) is 0 Å². The molecule has 33 heavy (non-hydrogen) atoms. The predicted molar refractivity (Wildman–Crippen MR) is 135 cm³/mol. The zero-order valence-corrected chi connectivity index (χ0v) is 19.9. The van der Waals surface area contributed by atoms with Gasteiger partial charge in [0.15, 0.2) is 0 Å². The lowest BCUT2D eigenvalue weighted by atomic mass is 10.1. The molecule has 0 atom stereocenters. The first-order valence-electron chi connectivity index (χ1n) is 11.7. The minimum atomic E-state index is 0.0823. The Kier molecular flexibility index (Phi) is 6.55. The number of H-pyrrole nitrogens is 1. The highest BCUT2D eigenvalue weighted by molar-refractivity contribution is 7.09. The number of aromatic nitrogens is 2. The number of likely N-dealkylation sites (tertiary alicyclic amines) is 1. The quantitative estimate of drug-likeness (QED) is 0.384. The number of thiazole rings is 1. The van der Waals surface area contributed by atoms with Crippen LogP contribution in [-0.2, 0) is 19.5 Å². The van der Waals surface area contributed by atoms with Crippen molar-refractivity contribution in [2.75, 3.05) is 19.6 Å². The Morgan fingerprint density at radius 1 is 1.09 bits per heavy atom. The summed E-state index contributed by atoms with van der Waals surface area (Å²) in [6.07, 6.45) is 5.29. The Bertz CT molecular complexity index is 1220. The number of carbonyl (C=O) groups excluding carboxylic acids is 1. The third-order valence-corrected chi connectivity index (χ3v) is 7.26. The van der Waals surface area contributed by atoms with Gasteiger partial charge in [0.05, 0.1) is 6.54 Å². The van der Waals surface area contributed by atoms with E-state index in [2.05, 4.69) is 71.5 Å². The molecule has 0 saturated carbocycles. The maximum Gasteiger partial charge on any atom is 0.273 e. The Hall–Kier alpha value is -2.96. The highest BCUT2D eigenvalue weighted by Gasteiger charge is 2.22. The third-order valence-electron chi connectivity index (χ3n) is 6.42. The molecule has 1 amide bonds. The smallest absolute Gasteiger partial charge is 0.273 e. The summed E-state index contributed by atoms with van der Waals surface area (Å²) in [5, 5.41) is 4.23. The lowest BCUT2D eigenvalue weighted by Crippen LogP contribution is -2.28. The molecule has 0 aliphatic carbocycles. The number of amides is 1. The summed E-state index contributed by atoms with van der Waals surface area (Å²) in [6, 6.07) is 17.2. The number of benzene rings is 2. The van der Waals surface area contributed by atoms with Gasteiger partial charge in [0.2, 0.25) is 0 Å².